The maximum Gasteiger partial charge on any atom is 0.309 e. The summed E-state index contributed by atoms with van der Waals surface area (Å²) in [5, 5.41) is 19.9. The van der Waals surface area contributed by atoms with Gasteiger partial charge in [-0.25, -0.2) is 0 Å². The highest BCUT2D eigenvalue weighted by molar-refractivity contribution is 5.83. The standard InChI is InChI=1S/C24H22N2O2/c1-3-28-23(27)21-14-24(15-25,16-26)22(19-7-5-4-6-8-19)13-20(21)18-11-9-17(2)10-12-18/h4-13,20-21H,3,14H2,1-2H3. The van der Waals surface area contributed by atoms with E-state index in [-0.39, 0.29) is 24.9 Å². The minimum Gasteiger partial charge on any atom is -0.466 e. The maximum atomic E-state index is 12.7. The average Bonchev–Trinajstić information content (AvgIpc) is 2.74. The van der Waals surface area contributed by atoms with Crippen LogP contribution in [0.25, 0.3) is 5.57 Å². The predicted octanol–water partition coefficient (Wildman–Crippen LogP) is 4.78. The Bertz CT molecular complexity index is 948. The first-order chi connectivity index (χ1) is 13.5. The van der Waals surface area contributed by atoms with Crippen LogP contribution in [0.15, 0.2) is 60.7 Å². The highest BCUT2D eigenvalue weighted by Crippen LogP contribution is 2.50. The molecular weight excluding hydrogens is 348 g/mol. The van der Waals surface area contributed by atoms with Gasteiger partial charge in [0.2, 0.25) is 0 Å². The molecule has 0 saturated heterocycles. The molecule has 0 spiro atoms. The topological polar surface area (TPSA) is 73.9 Å². The summed E-state index contributed by atoms with van der Waals surface area (Å²) in [5.74, 6) is -1.22. The van der Waals surface area contributed by atoms with Crippen LogP contribution < -0.4 is 0 Å². The molecule has 0 radical (unpaired) electrons. The molecule has 0 fully saturated rings. The third-order valence-electron chi connectivity index (χ3n) is 5.28. The van der Waals surface area contributed by atoms with Crippen LogP contribution in [0.4, 0.5) is 0 Å². The number of benzene rings is 2. The van der Waals surface area contributed by atoms with Gasteiger partial charge in [0, 0.05) is 5.92 Å². The summed E-state index contributed by atoms with van der Waals surface area (Å²) < 4.78 is 5.29. The molecule has 28 heavy (non-hydrogen) atoms. The van der Waals surface area contributed by atoms with E-state index in [0.29, 0.717) is 5.57 Å². The van der Waals surface area contributed by atoms with Gasteiger partial charge in [0.05, 0.1) is 24.7 Å². The van der Waals surface area contributed by atoms with Gasteiger partial charge in [-0.1, -0.05) is 66.2 Å². The Hall–Kier alpha value is -3.37. The van der Waals surface area contributed by atoms with Crippen LogP contribution in [0.2, 0.25) is 0 Å². The molecule has 2 unspecified atom stereocenters. The number of esters is 1. The van der Waals surface area contributed by atoms with Crippen LogP contribution in [0.5, 0.6) is 0 Å². The highest BCUT2D eigenvalue weighted by atomic mass is 16.5. The number of allylic oxidation sites excluding steroid dienone is 2. The molecule has 0 aliphatic heterocycles. The van der Waals surface area contributed by atoms with Gasteiger partial charge in [0.15, 0.2) is 5.41 Å². The van der Waals surface area contributed by atoms with Crippen molar-refractivity contribution in [1.29, 1.82) is 10.5 Å². The second kappa shape index (κ2) is 8.11. The maximum absolute atomic E-state index is 12.7. The molecule has 2 aromatic rings. The molecule has 0 saturated carbocycles. The Labute approximate surface area is 165 Å². The van der Waals surface area contributed by atoms with Crippen molar-refractivity contribution in [2.24, 2.45) is 11.3 Å². The molecule has 1 aliphatic carbocycles. The lowest BCUT2D eigenvalue weighted by Crippen LogP contribution is -2.35. The molecule has 3 rings (SSSR count). The van der Waals surface area contributed by atoms with Crippen molar-refractivity contribution in [2.45, 2.75) is 26.2 Å². The molecule has 1 aliphatic rings. The number of hydrogen-bond acceptors (Lipinski definition) is 4. The molecule has 0 aromatic heterocycles. The van der Waals surface area contributed by atoms with Crippen molar-refractivity contribution in [2.75, 3.05) is 6.61 Å². The van der Waals surface area contributed by atoms with Gasteiger partial charge in [0.1, 0.15) is 0 Å². The van der Waals surface area contributed by atoms with E-state index in [2.05, 4.69) is 12.1 Å². The molecule has 0 N–H and O–H groups in total. The summed E-state index contributed by atoms with van der Waals surface area (Å²) in [6.07, 6.45) is 2.02. The molecule has 2 aromatic carbocycles. The Kier molecular flexibility index (Phi) is 5.62. The Morgan fingerprint density at radius 2 is 1.75 bits per heavy atom. The van der Waals surface area contributed by atoms with Crippen molar-refractivity contribution < 1.29 is 9.53 Å². The van der Waals surface area contributed by atoms with Gasteiger partial charge < -0.3 is 4.74 Å². The Morgan fingerprint density at radius 3 is 2.32 bits per heavy atom. The average molecular weight is 370 g/mol. The normalized spacial score (nSPS) is 20.4. The number of nitriles is 2. The van der Waals surface area contributed by atoms with Gasteiger partial charge in [-0.2, -0.15) is 10.5 Å². The van der Waals surface area contributed by atoms with Gasteiger partial charge in [0.25, 0.3) is 0 Å². The van der Waals surface area contributed by atoms with Crippen LogP contribution in [0.1, 0.15) is 36.0 Å². The lowest BCUT2D eigenvalue weighted by molar-refractivity contribution is -0.149. The van der Waals surface area contributed by atoms with Crippen molar-refractivity contribution in [3.05, 3.63) is 77.4 Å². The predicted molar refractivity (Wildman–Crippen MR) is 107 cm³/mol. The Morgan fingerprint density at radius 1 is 1.11 bits per heavy atom. The lowest BCUT2D eigenvalue weighted by Gasteiger charge is -2.36. The first-order valence-electron chi connectivity index (χ1n) is 9.38. The first kappa shape index (κ1) is 19.4. The number of nitrogens with zero attached hydrogens (tertiary/aromatic N) is 2. The van der Waals surface area contributed by atoms with Crippen LogP contribution in [-0.2, 0) is 9.53 Å². The summed E-state index contributed by atoms with van der Waals surface area (Å²) in [4.78, 5) is 12.7. The number of carbonyl (C=O) groups excluding carboxylic acids is 1. The summed E-state index contributed by atoms with van der Waals surface area (Å²) in [7, 11) is 0. The number of ether oxygens (including phenoxy) is 1. The van der Waals surface area contributed by atoms with Crippen LogP contribution in [-0.4, -0.2) is 12.6 Å². The van der Waals surface area contributed by atoms with Crippen molar-refractivity contribution in [3.63, 3.8) is 0 Å². The fourth-order valence-electron chi connectivity index (χ4n) is 3.80. The molecule has 0 bridgehead atoms. The number of aryl methyl sites for hydroxylation is 1. The van der Waals surface area contributed by atoms with Crippen molar-refractivity contribution >= 4 is 11.5 Å². The molecule has 4 heteroatoms. The smallest absolute Gasteiger partial charge is 0.309 e. The minimum absolute atomic E-state index is 0.109. The second-order valence-corrected chi connectivity index (χ2v) is 7.07. The summed E-state index contributed by atoms with van der Waals surface area (Å²) in [5.41, 5.74) is 2.19. The molecular formula is C24H22N2O2. The third kappa shape index (κ3) is 3.55. The molecule has 0 amide bonds. The number of carbonyl (C=O) groups is 1. The summed E-state index contributed by atoms with van der Waals surface area (Å²) >= 11 is 0. The summed E-state index contributed by atoms with van der Waals surface area (Å²) in [6.45, 7) is 4.03. The van der Waals surface area contributed by atoms with Crippen molar-refractivity contribution in [3.8, 4) is 12.1 Å². The molecule has 2 atom stereocenters. The number of rotatable bonds is 4. The SMILES string of the molecule is CCOC(=O)C1CC(C#N)(C#N)C(c2ccccc2)=CC1c1ccc(C)cc1. The monoisotopic (exact) mass is 370 g/mol. The van der Waals surface area contributed by atoms with E-state index in [1.54, 1.807) is 6.92 Å². The largest absolute Gasteiger partial charge is 0.466 e. The fourth-order valence-corrected chi connectivity index (χ4v) is 3.80. The third-order valence-corrected chi connectivity index (χ3v) is 5.28. The number of hydrogen-bond donors (Lipinski definition) is 0. The Balaban J connectivity index is 2.20. The van der Waals surface area contributed by atoms with Gasteiger partial charge >= 0.3 is 5.97 Å². The van der Waals surface area contributed by atoms with E-state index < -0.39 is 11.3 Å². The second-order valence-electron chi connectivity index (χ2n) is 7.07. The zero-order valence-electron chi connectivity index (χ0n) is 16.1. The van der Waals surface area contributed by atoms with Gasteiger partial charge in [-0.3, -0.25) is 4.79 Å². The van der Waals surface area contributed by atoms with Gasteiger partial charge in [-0.15, -0.1) is 0 Å². The zero-order chi connectivity index (χ0) is 20.1. The van der Waals surface area contributed by atoms with E-state index in [9.17, 15) is 15.3 Å². The van der Waals surface area contributed by atoms with E-state index in [1.165, 1.54) is 0 Å². The minimum atomic E-state index is -1.39. The van der Waals surface area contributed by atoms with E-state index in [0.717, 1.165) is 16.7 Å². The first-order valence-corrected chi connectivity index (χ1v) is 9.38. The van der Waals surface area contributed by atoms with Gasteiger partial charge in [-0.05, 0) is 37.0 Å². The van der Waals surface area contributed by atoms with Crippen LogP contribution >= 0.6 is 0 Å². The molecule has 140 valence electrons. The quantitative estimate of drug-likeness (QED) is 0.726. The summed E-state index contributed by atoms with van der Waals surface area (Å²) in [6, 6.07) is 21.8. The van der Waals surface area contributed by atoms with Crippen molar-refractivity contribution in [1.82, 2.24) is 0 Å². The van der Waals surface area contributed by atoms with E-state index >= 15 is 0 Å². The zero-order valence-corrected chi connectivity index (χ0v) is 16.1. The van der Waals surface area contributed by atoms with Crippen LogP contribution in [0, 0.1) is 40.9 Å². The molecule has 0 heterocycles. The van der Waals surface area contributed by atoms with Crippen LogP contribution in [0.3, 0.4) is 0 Å². The van der Waals surface area contributed by atoms with E-state index in [4.69, 9.17) is 4.74 Å². The lowest BCUT2D eigenvalue weighted by atomic mass is 9.63. The highest BCUT2D eigenvalue weighted by Gasteiger charge is 2.47. The molecule has 4 nitrogen and oxygen atoms in total. The van der Waals surface area contributed by atoms with E-state index in [1.807, 2.05) is 67.6 Å². The fraction of sp³-hybridized carbons (Fsp3) is 0.292.